The Hall–Kier alpha value is -1.06. The Morgan fingerprint density at radius 3 is 1.76 bits per heavy atom. The Morgan fingerprint density at radius 2 is 1.47 bits per heavy atom. The van der Waals surface area contributed by atoms with Gasteiger partial charge in [-0.3, -0.25) is 0 Å². The maximum Gasteiger partial charge on any atom is 0.462 e. The molecule has 0 rings (SSSR count). The lowest BCUT2D eigenvalue weighted by molar-refractivity contribution is -0.428. The first kappa shape index (κ1) is 15.9. The third-order valence-corrected chi connectivity index (χ3v) is 1.58. The average molecular weight is 272 g/mol. The fourth-order valence-electron chi connectivity index (χ4n) is 0.675. The van der Waals surface area contributed by atoms with Crippen LogP contribution in [-0.2, 0) is 14.3 Å². The molecule has 17 heavy (non-hydrogen) atoms. The zero-order chi connectivity index (χ0) is 14.1. The fraction of sp³-hybridized carbons (Fsp3) is 0.857. The van der Waals surface area contributed by atoms with Crippen LogP contribution in [0.4, 0.5) is 30.7 Å². The number of rotatable bonds is 4. The standard InChI is InChI=1S/C7H7F7O3/c1-3(4(15)16-2)17-7(13,14)5(8,9)6(10,11)12/h3H,1-2H3. The van der Waals surface area contributed by atoms with Gasteiger partial charge in [-0.1, -0.05) is 0 Å². The van der Waals surface area contributed by atoms with E-state index in [1.54, 1.807) is 0 Å². The summed E-state index contributed by atoms with van der Waals surface area (Å²) in [5.74, 6) is -7.93. The van der Waals surface area contributed by atoms with Gasteiger partial charge < -0.3 is 9.47 Å². The maximum absolute atomic E-state index is 12.5. The van der Waals surface area contributed by atoms with E-state index in [9.17, 15) is 35.5 Å². The van der Waals surface area contributed by atoms with Crippen molar-refractivity contribution in [2.45, 2.75) is 31.2 Å². The second-order valence-corrected chi connectivity index (χ2v) is 2.87. The highest BCUT2D eigenvalue weighted by molar-refractivity contribution is 5.74. The Kier molecular flexibility index (Phi) is 4.38. The van der Waals surface area contributed by atoms with E-state index in [0.29, 0.717) is 6.92 Å². The summed E-state index contributed by atoms with van der Waals surface area (Å²) in [7, 11) is 0.724. The van der Waals surface area contributed by atoms with Crippen molar-refractivity contribution in [2.24, 2.45) is 0 Å². The second kappa shape index (κ2) is 4.67. The van der Waals surface area contributed by atoms with Crippen LogP contribution in [0.15, 0.2) is 0 Å². The van der Waals surface area contributed by atoms with E-state index in [-0.39, 0.29) is 0 Å². The summed E-state index contributed by atoms with van der Waals surface area (Å²) < 4.78 is 91.5. The van der Waals surface area contributed by atoms with Gasteiger partial charge in [-0.15, -0.1) is 0 Å². The largest absolute Gasteiger partial charge is 0.467 e. The van der Waals surface area contributed by atoms with E-state index in [1.807, 2.05) is 0 Å². The maximum atomic E-state index is 12.5. The van der Waals surface area contributed by atoms with E-state index in [4.69, 9.17) is 0 Å². The zero-order valence-corrected chi connectivity index (χ0v) is 8.45. The van der Waals surface area contributed by atoms with Gasteiger partial charge in [0, 0.05) is 0 Å². The molecule has 0 fully saturated rings. The van der Waals surface area contributed by atoms with Gasteiger partial charge in [0.2, 0.25) is 0 Å². The molecule has 0 aliphatic carbocycles. The number of hydrogen-bond donors (Lipinski definition) is 0. The van der Waals surface area contributed by atoms with Gasteiger partial charge in [0.25, 0.3) is 0 Å². The molecule has 102 valence electrons. The average Bonchev–Trinajstić information content (AvgIpc) is 2.13. The number of ether oxygens (including phenoxy) is 2. The van der Waals surface area contributed by atoms with Crippen LogP contribution in [-0.4, -0.2) is 37.4 Å². The molecule has 0 heterocycles. The molecule has 1 unspecified atom stereocenters. The number of carbonyl (C=O) groups excluding carboxylic acids is 1. The van der Waals surface area contributed by atoms with E-state index in [0.717, 1.165) is 7.11 Å². The Morgan fingerprint density at radius 1 is 1.06 bits per heavy atom. The number of carbonyl (C=O) groups is 1. The van der Waals surface area contributed by atoms with Crippen molar-refractivity contribution in [1.29, 1.82) is 0 Å². The lowest BCUT2D eigenvalue weighted by atomic mass is 10.3. The molecule has 0 saturated carbocycles. The van der Waals surface area contributed by atoms with Crippen LogP contribution in [0.2, 0.25) is 0 Å². The molecule has 0 aliphatic heterocycles. The first-order chi connectivity index (χ1) is 7.37. The van der Waals surface area contributed by atoms with Crippen molar-refractivity contribution in [2.75, 3.05) is 7.11 Å². The molecule has 0 amide bonds. The number of halogens is 7. The molecule has 0 aromatic carbocycles. The van der Waals surface area contributed by atoms with Gasteiger partial charge >= 0.3 is 24.2 Å². The first-order valence-electron chi connectivity index (χ1n) is 3.95. The predicted molar refractivity (Wildman–Crippen MR) is 38.5 cm³/mol. The minimum Gasteiger partial charge on any atom is -0.467 e. The van der Waals surface area contributed by atoms with Gasteiger partial charge in [-0.2, -0.15) is 30.7 Å². The monoisotopic (exact) mass is 272 g/mol. The van der Waals surface area contributed by atoms with E-state index >= 15 is 0 Å². The van der Waals surface area contributed by atoms with Crippen LogP contribution in [0.3, 0.4) is 0 Å². The molecule has 0 aromatic heterocycles. The number of methoxy groups -OCH3 is 1. The Bertz CT molecular complexity index is 286. The summed E-state index contributed by atoms with van der Waals surface area (Å²) in [5, 5.41) is 0. The van der Waals surface area contributed by atoms with Crippen molar-refractivity contribution in [3.8, 4) is 0 Å². The Balaban J connectivity index is 4.97. The van der Waals surface area contributed by atoms with Crippen LogP contribution >= 0.6 is 0 Å². The fourth-order valence-corrected chi connectivity index (χ4v) is 0.675. The number of hydrogen-bond acceptors (Lipinski definition) is 3. The molecule has 0 spiro atoms. The molecule has 0 aromatic rings. The first-order valence-corrected chi connectivity index (χ1v) is 3.95. The van der Waals surface area contributed by atoms with Crippen molar-refractivity contribution in [3.63, 3.8) is 0 Å². The molecular weight excluding hydrogens is 265 g/mol. The van der Waals surface area contributed by atoms with Crippen molar-refractivity contribution in [1.82, 2.24) is 0 Å². The third-order valence-electron chi connectivity index (χ3n) is 1.58. The predicted octanol–water partition coefficient (Wildman–Crippen LogP) is 2.35. The Labute approximate surface area is 90.5 Å². The summed E-state index contributed by atoms with van der Waals surface area (Å²) in [5.41, 5.74) is 0. The van der Waals surface area contributed by atoms with Crippen LogP contribution in [0.25, 0.3) is 0 Å². The summed E-state index contributed by atoms with van der Waals surface area (Å²) >= 11 is 0. The second-order valence-electron chi connectivity index (χ2n) is 2.87. The summed E-state index contributed by atoms with van der Waals surface area (Å²) in [4.78, 5) is 10.6. The number of alkyl halides is 7. The molecular formula is C7H7F7O3. The van der Waals surface area contributed by atoms with Crippen LogP contribution in [0.5, 0.6) is 0 Å². The molecule has 0 saturated heterocycles. The summed E-state index contributed by atoms with van der Waals surface area (Å²) in [6, 6.07) is 0. The quantitative estimate of drug-likeness (QED) is 0.582. The molecule has 1 atom stereocenters. The van der Waals surface area contributed by atoms with Crippen molar-refractivity contribution >= 4 is 5.97 Å². The third kappa shape index (κ3) is 3.20. The summed E-state index contributed by atoms with van der Waals surface area (Å²) in [6.07, 6.45) is -14.7. The number of esters is 1. The molecule has 10 heteroatoms. The topological polar surface area (TPSA) is 35.5 Å². The van der Waals surface area contributed by atoms with Crippen LogP contribution in [0, 0.1) is 0 Å². The van der Waals surface area contributed by atoms with Crippen LogP contribution < -0.4 is 0 Å². The van der Waals surface area contributed by atoms with Gasteiger partial charge in [0.1, 0.15) is 0 Å². The zero-order valence-electron chi connectivity index (χ0n) is 8.45. The molecule has 3 nitrogen and oxygen atoms in total. The van der Waals surface area contributed by atoms with Gasteiger partial charge in [-0.05, 0) is 6.92 Å². The molecule has 0 bridgehead atoms. The normalized spacial score (nSPS) is 15.6. The van der Waals surface area contributed by atoms with E-state index in [2.05, 4.69) is 9.47 Å². The summed E-state index contributed by atoms with van der Waals surface area (Å²) in [6.45, 7) is 0.548. The highest BCUT2D eigenvalue weighted by atomic mass is 19.4. The minimum atomic E-state index is -6.51. The van der Waals surface area contributed by atoms with Crippen molar-refractivity contribution < 1.29 is 45.0 Å². The van der Waals surface area contributed by atoms with Crippen LogP contribution in [0.1, 0.15) is 6.92 Å². The highest BCUT2D eigenvalue weighted by Gasteiger charge is 2.75. The SMILES string of the molecule is COC(=O)C(C)OC(F)(F)C(F)(F)C(F)(F)F. The molecule has 0 radical (unpaired) electrons. The highest BCUT2D eigenvalue weighted by Crippen LogP contribution is 2.47. The smallest absolute Gasteiger partial charge is 0.462 e. The van der Waals surface area contributed by atoms with Gasteiger partial charge in [0.05, 0.1) is 7.11 Å². The van der Waals surface area contributed by atoms with E-state index < -0.39 is 30.3 Å². The minimum absolute atomic E-state index is 0.548. The lowest BCUT2D eigenvalue weighted by Gasteiger charge is -2.28. The van der Waals surface area contributed by atoms with E-state index in [1.165, 1.54) is 0 Å². The van der Waals surface area contributed by atoms with Gasteiger partial charge in [0.15, 0.2) is 6.10 Å². The lowest BCUT2D eigenvalue weighted by Crippen LogP contribution is -2.55. The van der Waals surface area contributed by atoms with Gasteiger partial charge in [-0.25, -0.2) is 4.79 Å². The van der Waals surface area contributed by atoms with Crippen molar-refractivity contribution in [3.05, 3.63) is 0 Å². The molecule has 0 N–H and O–H groups in total. The molecule has 0 aliphatic rings.